The largest absolute Gasteiger partial charge is 0.382 e. The maximum absolute atomic E-state index is 12.3. The number of hydrogen-bond donors (Lipinski definition) is 1. The Morgan fingerprint density at radius 1 is 1.30 bits per heavy atom. The summed E-state index contributed by atoms with van der Waals surface area (Å²) in [5.41, 5.74) is 1.10. The topological polar surface area (TPSA) is 50.8 Å². The molecule has 0 bridgehead atoms. The summed E-state index contributed by atoms with van der Waals surface area (Å²) in [7, 11) is 1.64. The summed E-state index contributed by atoms with van der Waals surface area (Å²) in [6.07, 6.45) is -0.0415. The van der Waals surface area contributed by atoms with Crippen molar-refractivity contribution in [3.05, 3.63) is 48.0 Å². The van der Waals surface area contributed by atoms with Crippen molar-refractivity contribution in [2.75, 3.05) is 33.4 Å². The summed E-state index contributed by atoms with van der Waals surface area (Å²) in [6.45, 7) is 2.77. The molecule has 1 aliphatic rings. The van der Waals surface area contributed by atoms with Crippen LogP contribution in [0.4, 0.5) is 4.79 Å². The number of rotatable bonds is 4. The van der Waals surface area contributed by atoms with Gasteiger partial charge in [0.15, 0.2) is 0 Å². The molecule has 1 unspecified atom stereocenters. The molecule has 1 aliphatic heterocycles. The number of ether oxygens (including phenoxy) is 2. The molecule has 2 aromatic carbocycles. The molecule has 3 rings (SSSR count). The molecule has 2 aromatic rings. The number of amides is 2. The maximum atomic E-state index is 12.3. The van der Waals surface area contributed by atoms with E-state index in [1.807, 2.05) is 12.1 Å². The monoisotopic (exact) mass is 314 g/mol. The maximum Gasteiger partial charge on any atom is 0.317 e. The van der Waals surface area contributed by atoms with Gasteiger partial charge in [-0.05, 0) is 22.4 Å². The van der Waals surface area contributed by atoms with Crippen molar-refractivity contribution in [2.24, 2.45) is 0 Å². The van der Waals surface area contributed by atoms with E-state index >= 15 is 0 Å². The van der Waals surface area contributed by atoms with Crippen LogP contribution < -0.4 is 5.32 Å². The highest BCUT2D eigenvalue weighted by Crippen LogP contribution is 2.15. The van der Waals surface area contributed by atoms with Gasteiger partial charge in [0.1, 0.15) is 0 Å². The molecule has 1 N–H and O–H groups in total. The Hall–Kier alpha value is -2.11. The highest BCUT2D eigenvalue weighted by Gasteiger charge is 2.23. The molecule has 122 valence electrons. The first-order valence-electron chi connectivity index (χ1n) is 7.87. The molecule has 1 atom stereocenters. The Labute approximate surface area is 136 Å². The van der Waals surface area contributed by atoms with Crippen molar-refractivity contribution in [1.29, 1.82) is 0 Å². The van der Waals surface area contributed by atoms with E-state index in [1.54, 1.807) is 12.0 Å². The van der Waals surface area contributed by atoms with Crippen LogP contribution in [-0.2, 0) is 16.0 Å². The van der Waals surface area contributed by atoms with Crippen LogP contribution in [0.2, 0.25) is 0 Å². The van der Waals surface area contributed by atoms with E-state index in [-0.39, 0.29) is 12.1 Å². The Morgan fingerprint density at radius 2 is 2.13 bits per heavy atom. The van der Waals surface area contributed by atoms with Crippen LogP contribution in [0, 0.1) is 0 Å². The van der Waals surface area contributed by atoms with Crippen molar-refractivity contribution in [1.82, 2.24) is 10.2 Å². The number of morpholine rings is 1. The number of fused-ring (bicyclic) bond motifs is 1. The predicted octanol–water partition coefficient (Wildman–Crippen LogP) is 2.40. The van der Waals surface area contributed by atoms with E-state index in [2.05, 4.69) is 35.6 Å². The second-order valence-electron chi connectivity index (χ2n) is 5.73. The Kier molecular flexibility index (Phi) is 5.10. The summed E-state index contributed by atoms with van der Waals surface area (Å²) in [5, 5.41) is 5.38. The molecular weight excluding hydrogens is 292 g/mol. The molecule has 23 heavy (non-hydrogen) atoms. The lowest BCUT2D eigenvalue weighted by Gasteiger charge is -2.32. The van der Waals surface area contributed by atoms with Gasteiger partial charge >= 0.3 is 6.03 Å². The normalized spacial score (nSPS) is 18.1. The number of hydrogen-bond acceptors (Lipinski definition) is 3. The summed E-state index contributed by atoms with van der Waals surface area (Å²) < 4.78 is 10.7. The summed E-state index contributed by atoms with van der Waals surface area (Å²) in [4.78, 5) is 14.1. The first kappa shape index (κ1) is 15.8. The van der Waals surface area contributed by atoms with E-state index in [0.717, 1.165) is 5.56 Å². The van der Waals surface area contributed by atoms with Crippen molar-refractivity contribution in [2.45, 2.75) is 12.6 Å². The van der Waals surface area contributed by atoms with Crippen molar-refractivity contribution in [3.8, 4) is 0 Å². The van der Waals surface area contributed by atoms with Gasteiger partial charge in [-0.3, -0.25) is 0 Å². The number of methoxy groups -OCH3 is 1. The minimum atomic E-state index is -0.0532. The third-order valence-electron chi connectivity index (χ3n) is 4.04. The van der Waals surface area contributed by atoms with Crippen LogP contribution in [0.1, 0.15) is 5.56 Å². The van der Waals surface area contributed by atoms with Crippen LogP contribution in [0.15, 0.2) is 42.5 Å². The smallest absolute Gasteiger partial charge is 0.317 e. The van der Waals surface area contributed by atoms with E-state index in [9.17, 15) is 4.79 Å². The van der Waals surface area contributed by atoms with Gasteiger partial charge in [0.05, 0.1) is 25.9 Å². The van der Waals surface area contributed by atoms with E-state index in [0.29, 0.717) is 32.8 Å². The van der Waals surface area contributed by atoms with E-state index in [1.165, 1.54) is 10.8 Å². The highest BCUT2D eigenvalue weighted by molar-refractivity contribution is 5.83. The number of nitrogens with zero attached hydrogens (tertiary/aromatic N) is 1. The van der Waals surface area contributed by atoms with E-state index < -0.39 is 0 Å². The summed E-state index contributed by atoms with van der Waals surface area (Å²) in [6, 6.07) is 14.4. The molecule has 5 nitrogen and oxygen atoms in total. The molecule has 0 radical (unpaired) electrons. The van der Waals surface area contributed by atoms with Gasteiger partial charge < -0.3 is 19.7 Å². The molecule has 1 fully saturated rings. The van der Waals surface area contributed by atoms with Gasteiger partial charge in [-0.25, -0.2) is 4.79 Å². The van der Waals surface area contributed by atoms with Crippen molar-refractivity contribution >= 4 is 16.8 Å². The number of benzene rings is 2. The minimum absolute atomic E-state index is 0.0415. The lowest BCUT2D eigenvalue weighted by atomic mass is 10.1. The van der Waals surface area contributed by atoms with Gasteiger partial charge in [0.2, 0.25) is 0 Å². The van der Waals surface area contributed by atoms with Crippen LogP contribution in [-0.4, -0.2) is 50.4 Å². The molecule has 2 amide bonds. The molecule has 0 aromatic heterocycles. The molecule has 0 aliphatic carbocycles. The highest BCUT2D eigenvalue weighted by atomic mass is 16.5. The predicted molar refractivity (Wildman–Crippen MR) is 89.4 cm³/mol. The molecule has 5 heteroatoms. The number of nitrogens with one attached hydrogen (secondary N) is 1. The Morgan fingerprint density at radius 3 is 2.96 bits per heavy atom. The van der Waals surface area contributed by atoms with Crippen LogP contribution in [0.3, 0.4) is 0 Å². The van der Waals surface area contributed by atoms with Gasteiger partial charge in [-0.15, -0.1) is 0 Å². The number of carbonyl (C=O) groups is 1. The third kappa shape index (κ3) is 4.00. The van der Waals surface area contributed by atoms with Gasteiger partial charge in [0, 0.05) is 20.2 Å². The van der Waals surface area contributed by atoms with Crippen molar-refractivity contribution in [3.63, 3.8) is 0 Å². The zero-order valence-electron chi connectivity index (χ0n) is 13.3. The van der Waals surface area contributed by atoms with E-state index in [4.69, 9.17) is 9.47 Å². The fraction of sp³-hybridized carbons (Fsp3) is 0.389. The van der Waals surface area contributed by atoms with Gasteiger partial charge in [-0.1, -0.05) is 36.4 Å². The first-order valence-corrected chi connectivity index (χ1v) is 7.87. The van der Waals surface area contributed by atoms with Gasteiger partial charge in [0.25, 0.3) is 0 Å². The lowest BCUT2D eigenvalue weighted by molar-refractivity contribution is -0.0494. The third-order valence-corrected chi connectivity index (χ3v) is 4.04. The fourth-order valence-electron chi connectivity index (χ4n) is 2.83. The fourth-order valence-corrected chi connectivity index (χ4v) is 2.83. The SMILES string of the molecule is COCC1CN(C(=O)NCc2ccc3ccccc3c2)CCO1. The molecular formula is C18H22N2O3. The number of carbonyl (C=O) groups excluding carboxylic acids is 1. The summed E-state index contributed by atoms with van der Waals surface area (Å²) >= 11 is 0. The van der Waals surface area contributed by atoms with Crippen LogP contribution >= 0.6 is 0 Å². The summed E-state index contributed by atoms with van der Waals surface area (Å²) in [5.74, 6) is 0. The van der Waals surface area contributed by atoms with Crippen LogP contribution in [0.5, 0.6) is 0 Å². The zero-order chi connectivity index (χ0) is 16.1. The van der Waals surface area contributed by atoms with Crippen LogP contribution in [0.25, 0.3) is 10.8 Å². The molecule has 0 spiro atoms. The second kappa shape index (κ2) is 7.44. The Bertz CT molecular complexity index is 672. The van der Waals surface area contributed by atoms with Crippen molar-refractivity contribution < 1.29 is 14.3 Å². The average molecular weight is 314 g/mol. The number of urea groups is 1. The second-order valence-corrected chi connectivity index (χ2v) is 5.73. The lowest BCUT2D eigenvalue weighted by Crippen LogP contribution is -2.50. The molecule has 0 saturated carbocycles. The molecule has 1 heterocycles. The Balaban J connectivity index is 1.57. The molecule has 1 saturated heterocycles. The van der Waals surface area contributed by atoms with Gasteiger partial charge in [-0.2, -0.15) is 0 Å². The standard InChI is InChI=1S/C18H22N2O3/c1-22-13-17-12-20(8-9-23-17)18(21)19-11-14-6-7-15-4-2-3-5-16(15)10-14/h2-7,10,17H,8-9,11-13H2,1H3,(H,19,21). The minimum Gasteiger partial charge on any atom is -0.382 e. The first-order chi connectivity index (χ1) is 11.3. The zero-order valence-corrected chi connectivity index (χ0v) is 13.3. The quantitative estimate of drug-likeness (QED) is 0.943. The average Bonchev–Trinajstić information content (AvgIpc) is 2.60.